The normalized spacial score (nSPS) is 11.7. The molecule has 1 heterocycles. The minimum Gasteiger partial charge on any atom is -0.449 e. The van der Waals surface area contributed by atoms with Crippen LogP contribution < -0.4 is 5.32 Å². The minimum absolute atomic E-state index is 0.0417. The van der Waals surface area contributed by atoms with E-state index >= 15 is 0 Å². The fourth-order valence-electron chi connectivity index (χ4n) is 2.14. The smallest absolute Gasteiger partial charge is 0.338 e. The number of anilines is 1. The maximum Gasteiger partial charge on any atom is 0.338 e. The summed E-state index contributed by atoms with van der Waals surface area (Å²) in [6.07, 6.45) is 0.332. The largest absolute Gasteiger partial charge is 0.449 e. The molecule has 0 radical (unpaired) electrons. The van der Waals surface area contributed by atoms with Gasteiger partial charge in [0.2, 0.25) is 0 Å². The molecule has 0 saturated carbocycles. The van der Waals surface area contributed by atoms with Crippen molar-refractivity contribution in [3.8, 4) is 5.69 Å². The number of nitrogens with one attached hydrogen (secondary N) is 1. The molecule has 0 aliphatic rings. The van der Waals surface area contributed by atoms with E-state index in [1.54, 1.807) is 12.1 Å². The molecular formula is C17H13ClFN5O3. The van der Waals surface area contributed by atoms with Gasteiger partial charge >= 0.3 is 5.97 Å². The summed E-state index contributed by atoms with van der Waals surface area (Å²) in [7, 11) is 0. The third-order valence-electron chi connectivity index (χ3n) is 3.56. The molecule has 2 aromatic carbocycles. The van der Waals surface area contributed by atoms with Crippen LogP contribution in [0.25, 0.3) is 5.69 Å². The van der Waals surface area contributed by atoms with Gasteiger partial charge in [0, 0.05) is 0 Å². The Balaban J connectivity index is 1.62. The van der Waals surface area contributed by atoms with Crippen molar-refractivity contribution in [2.24, 2.45) is 0 Å². The molecule has 0 fully saturated rings. The summed E-state index contributed by atoms with van der Waals surface area (Å²) in [6.45, 7) is 1.42. The maximum atomic E-state index is 13.0. The first-order valence-corrected chi connectivity index (χ1v) is 8.12. The molecule has 0 spiro atoms. The minimum atomic E-state index is -1.09. The molecule has 138 valence electrons. The molecule has 10 heteroatoms. The van der Waals surface area contributed by atoms with Crippen LogP contribution in [0.1, 0.15) is 17.3 Å². The summed E-state index contributed by atoms with van der Waals surface area (Å²) >= 11 is 5.86. The van der Waals surface area contributed by atoms with E-state index in [0.717, 1.165) is 12.1 Å². The van der Waals surface area contributed by atoms with Crippen LogP contribution in [0.4, 0.5) is 10.1 Å². The summed E-state index contributed by atoms with van der Waals surface area (Å²) in [5.74, 6) is -1.80. The Morgan fingerprint density at radius 3 is 2.59 bits per heavy atom. The van der Waals surface area contributed by atoms with Gasteiger partial charge in [0.1, 0.15) is 12.1 Å². The Labute approximate surface area is 157 Å². The van der Waals surface area contributed by atoms with E-state index in [9.17, 15) is 14.0 Å². The number of ether oxygens (including phenoxy) is 1. The number of amides is 1. The zero-order chi connectivity index (χ0) is 19.4. The van der Waals surface area contributed by atoms with E-state index < -0.39 is 23.8 Å². The van der Waals surface area contributed by atoms with Gasteiger partial charge < -0.3 is 10.1 Å². The monoisotopic (exact) mass is 389 g/mol. The van der Waals surface area contributed by atoms with Gasteiger partial charge in [-0.15, -0.1) is 5.10 Å². The lowest BCUT2D eigenvalue weighted by Gasteiger charge is -2.14. The van der Waals surface area contributed by atoms with Crippen molar-refractivity contribution in [1.82, 2.24) is 20.2 Å². The summed E-state index contributed by atoms with van der Waals surface area (Å²) in [4.78, 5) is 24.4. The van der Waals surface area contributed by atoms with Crippen molar-refractivity contribution < 1.29 is 18.7 Å². The fourth-order valence-corrected chi connectivity index (χ4v) is 2.35. The molecule has 1 amide bonds. The van der Waals surface area contributed by atoms with Gasteiger partial charge in [-0.25, -0.2) is 13.9 Å². The van der Waals surface area contributed by atoms with Crippen LogP contribution in [-0.4, -0.2) is 38.2 Å². The van der Waals surface area contributed by atoms with Crippen molar-refractivity contribution in [1.29, 1.82) is 0 Å². The third kappa shape index (κ3) is 4.45. The molecular weight excluding hydrogens is 377 g/mol. The lowest BCUT2D eigenvalue weighted by atomic mass is 10.2. The second-order valence-corrected chi connectivity index (χ2v) is 5.87. The molecule has 27 heavy (non-hydrogen) atoms. The Morgan fingerprint density at radius 2 is 1.96 bits per heavy atom. The van der Waals surface area contributed by atoms with E-state index in [1.807, 2.05) is 0 Å². The predicted octanol–water partition coefficient (Wildman–Crippen LogP) is 2.64. The number of nitrogens with zero attached hydrogens (tertiary/aromatic N) is 4. The highest BCUT2D eigenvalue weighted by atomic mass is 35.5. The zero-order valence-corrected chi connectivity index (χ0v) is 14.7. The van der Waals surface area contributed by atoms with E-state index in [2.05, 4.69) is 20.8 Å². The molecule has 3 rings (SSSR count). The molecule has 1 aromatic heterocycles. The lowest BCUT2D eigenvalue weighted by Crippen LogP contribution is -2.30. The summed E-state index contributed by atoms with van der Waals surface area (Å²) in [5.41, 5.74) is 1.14. The number of halogens is 2. The first-order valence-electron chi connectivity index (χ1n) is 7.74. The third-order valence-corrected chi connectivity index (χ3v) is 3.87. The number of benzene rings is 2. The van der Waals surface area contributed by atoms with Crippen LogP contribution in [0.15, 0.2) is 48.8 Å². The topological polar surface area (TPSA) is 99.0 Å². The first kappa shape index (κ1) is 18.5. The molecule has 0 aliphatic carbocycles. The van der Waals surface area contributed by atoms with E-state index in [0.29, 0.717) is 5.69 Å². The fraction of sp³-hybridized carbons (Fsp3) is 0.118. The lowest BCUT2D eigenvalue weighted by molar-refractivity contribution is -0.123. The maximum absolute atomic E-state index is 13.0. The van der Waals surface area contributed by atoms with Gasteiger partial charge in [0.15, 0.2) is 6.10 Å². The average molecular weight is 390 g/mol. The van der Waals surface area contributed by atoms with Crippen LogP contribution in [-0.2, 0) is 9.53 Å². The van der Waals surface area contributed by atoms with Crippen LogP contribution in [0, 0.1) is 5.82 Å². The van der Waals surface area contributed by atoms with Crippen molar-refractivity contribution >= 4 is 29.2 Å². The zero-order valence-electron chi connectivity index (χ0n) is 14.0. The second kappa shape index (κ2) is 7.92. The van der Waals surface area contributed by atoms with Crippen molar-refractivity contribution in [2.75, 3.05) is 5.32 Å². The standard InChI is InChI=1S/C17H13ClFN5O3/c1-10(16(25)21-15-7-4-12(19)8-14(15)18)27-17(26)11-2-5-13(6-3-11)24-9-20-22-23-24/h2-10H,1H3,(H,21,25)/t10-/m0/s1. The average Bonchev–Trinajstić information content (AvgIpc) is 3.18. The Bertz CT molecular complexity index is 963. The van der Waals surface area contributed by atoms with Crippen LogP contribution in [0.3, 0.4) is 0 Å². The highest BCUT2D eigenvalue weighted by Gasteiger charge is 2.20. The summed E-state index contributed by atoms with van der Waals surface area (Å²) < 4.78 is 19.6. The molecule has 0 bridgehead atoms. The second-order valence-electron chi connectivity index (χ2n) is 5.46. The van der Waals surface area contributed by atoms with E-state index in [4.69, 9.17) is 16.3 Å². The first-order chi connectivity index (χ1) is 12.9. The van der Waals surface area contributed by atoms with Crippen molar-refractivity contribution in [3.05, 3.63) is 65.2 Å². The Kier molecular flexibility index (Phi) is 5.41. The Hall–Kier alpha value is -3.33. The molecule has 0 unspecified atom stereocenters. The summed E-state index contributed by atoms with van der Waals surface area (Å²) in [6, 6.07) is 9.87. The molecule has 0 saturated heterocycles. The number of hydrogen-bond donors (Lipinski definition) is 1. The van der Waals surface area contributed by atoms with Gasteiger partial charge in [-0.05, 0) is 59.8 Å². The number of carbonyl (C=O) groups is 2. The molecule has 1 atom stereocenters. The van der Waals surface area contributed by atoms with Crippen LogP contribution in [0.5, 0.6) is 0 Å². The molecule has 8 nitrogen and oxygen atoms in total. The van der Waals surface area contributed by atoms with E-state index in [-0.39, 0.29) is 16.3 Å². The molecule has 1 N–H and O–H groups in total. The SMILES string of the molecule is C[C@H](OC(=O)c1ccc(-n2cnnn2)cc1)C(=O)Nc1ccc(F)cc1Cl. The van der Waals surface area contributed by atoms with Gasteiger partial charge in [0.05, 0.1) is 22.0 Å². The number of rotatable bonds is 5. The van der Waals surface area contributed by atoms with Gasteiger partial charge in [0.25, 0.3) is 5.91 Å². The number of carbonyl (C=O) groups excluding carboxylic acids is 2. The quantitative estimate of drug-likeness (QED) is 0.673. The van der Waals surface area contributed by atoms with Gasteiger partial charge in [-0.3, -0.25) is 4.79 Å². The number of tetrazole rings is 1. The number of esters is 1. The number of aromatic nitrogens is 4. The van der Waals surface area contributed by atoms with Crippen molar-refractivity contribution in [2.45, 2.75) is 13.0 Å². The number of hydrogen-bond acceptors (Lipinski definition) is 6. The van der Waals surface area contributed by atoms with Gasteiger partial charge in [-0.2, -0.15) is 0 Å². The highest BCUT2D eigenvalue weighted by Crippen LogP contribution is 2.22. The highest BCUT2D eigenvalue weighted by molar-refractivity contribution is 6.33. The Morgan fingerprint density at radius 1 is 1.22 bits per heavy atom. The van der Waals surface area contributed by atoms with Crippen LogP contribution in [0.2, 0.25) is 5.02 Å². The molecule has 0 aliphatic heterocycles. The predicted molar refractivity (Wildman–Crippen MR) is 94.1 cm³/mol. The van der Waals surface area contributed by atoms with Crippen LogP contribution >= 0.6 is 11.6 Å². The van der Waals surface area contributed by atoms with E-state index in [1.165, 1.54) is 36.1 Å². The van der Waals surface area contributed by atoms with Crippen molar-refractivity contribution in [3.63, 3.8) is 0 Å². The van der Waals surface area contributed by atoms with Gasteiger partial charge in [-0.1, -0.05) is 11.6 Å². The molecule has 3 aromatic rings. The summed E-state index contributed by atoms with van der Waals surface area (Å²) in [5, 5.41) is 13.3.